The Bertz CT molecular complexity index is 581. The number of aliphatic carboxylic acids is 1. The molecule has 0 aromatic heterocycles. The van der Waals surface area contributed by atoms with Gasteiger partial charge in [0.2, 0.25) is 6.29 Å². The van der Waals surface area contributed by atoms with Crippen LogP contribution in [0, 0.1) is 0 Å². The van der Waals surface area contributed by atoms with Gasteiger partial charge in [-0.2, -0.15) is 0 Å². The third kappa shape index (κ3) is 3.77. The van der Waals surface area contributed by atoms with Crippen molar-refractivity contribution in [3.05, 3.63) is 23.8 Å². The van der Waals surface area contributed by atoms with Gasteiger partial charge in [0.15, 0.2) is 6.10 Å². The smallest absolute Gasteiger partial charge is 0.335 e. The summed E-state index contributed by atoms with van der Waals surface area (Å²) in [6.45, 7) is 2.23. The van der Waals surface area contributed by atoms with Crippen LogP contribution in [-0.4, -0.2) is 68.8 Å². The van der Waals surface area contributed by atoms with E-state index < -0.39 is 36.7 Å². The second-order valence-electron chi connectivity index (χ2n) is 5.37. The van der Waals surface area contributed by atoms with Crippen molar-refractivity contribution in [3.8, 4) is 5.75 Å². The summed E-state index contributed by atoms with van der Waals surface area (Å²) < 4.78 is 10.6. The lowest BCUT2D eigenvalue weighted by atomic mass is 9.99. The summed E-state index contributed by atoms with van der Waals surface area (Å²) >= 11 is 0. The Kier molecular flexibility index (Phi) is 5.97. The number of carboxylic acid groups (broad SMARTS) is 1. The predicted molar refractivity (Wildman–Crippen MR) is 81.5 cm³/mol. The van der Waals surface area contributed by atoms with Crippen molar-refractivity contribution < 1.29 is 39.8 Å². The Morgan fingerprint density at radius 3 is 2.54 bits per heavy atom. The molecule has 1 aromatic rings. The van der Waals surface area contributed by atoms with Gasteiger partial charge in [-0.3, -0.25) is 0 Å². The van der Waals surface area contributed by atoms with Crippen molar-refractivity contribution in [2.24, 2.45) is 0 Å². The maximum Gasteiger partial charge on any atom is 0.335 e. The zero-order valence-corrected chi connectivity index (χ0v) is 13.0. The number of carbonyl (C=O) groups is 1. The van der Waals surface area contributed by atoms with E-state index in [1.807, 2.05) is 6.92 Å². The SMILES string of the molecule is CCNc1cc(CO)ccc1OC1OC(C(=O)O)C(O)C(O)C1O. The Morgan fingerprint density at radius 1 is 1.25 bits per heavy atom. The molecule has 0 radical (unpaired) electrons. The average Bonchev–Trinajstić information content (AvgIpc) is 2.56. The van der Waals surface area contributed by atoms with E-state index in [0.29, 0.717) is 17.8 Å². The number of aliphatic hydroxyl groups excluding tert-OH is 4. The van der Waals surface area contributed by atoms with Crippen LogP contribution >= 0.6 is 0 Å². The van der Waals surface area contributed by atoms with Crippen molar-refractivity contribution in [1.29, 1.82) is 0 Å². The zero-order valence-electron chi connectivity index (χ0n) is 13.0. The fourth-order valence-electron chi connectivity index (χ4n) is 2.38. The fraction of sp³-hybridized carbons (Fsp3) is 0.533. The van der Waals surface area contributed by atoms with Gasteiger partial charge in [-0.15, -0.1) is 0 Å². The second-order valence-corrected chi connectivity index (χ2v) is 5.37. The molecule has 1 fully saturated rings. The van der Waals surface area contributed by atoms with Crippen molar-refractivity contribution in [1.82, 2.24) is 0 Å². The van der Waals surface area contributed by atoms with E-state index in [4.69, 9.17) is 14.6 Å². The summed E-state index contributed by atoms with van der Waals surface area (Å²) in [5.41, 5.74) is 1.13. The van der Waals surface area contributed by atoms with Crippen LogP contribution in [-0.2, 0) is 16.1 Å². The molecule has 5 atom stereocenters. The quantitative estimate of drug-likeness (QED) is 0.378. The number of ether oxygens (including phenoxy) is 2. The van der Waals surface area contributed by atoms with Gasteiger partial charge >= 0.3 is 5.97 Å². The summed E-state index contributed by atoms with van der Waals surface area (Å²) in [5.74, 6) is -1.24. The summed E-state index contributed by atoms with van der Waals surface area (Å²) in [5, 5.41) is 50.7. The molecular formula is C15H21NO8. The molecule has 0 aliphatic carbocycles. The number of hydrogen-bond acceptors (Lipinski definition) is 8. The van der Waals surface area contributed by atoms with Crippen molar-refractivity contribution in [2.45, 2.75) is 44.2 Å². The monoisotopic (exact) mass is 343 g/mol. The van der Waals surface area contributed by atoms with Gasteiger partial charge in [0.25, 0.3) is 0 Å². The highest BCUT2D eigenvalue weighted by Crippen LogP contribution is 2.30. The van der Waals surface area contributed by atoms with Gasteiger partial charge in [-0.25, -0.2) is 4.79 Å². The first-order valence-corrected chi connectivity index (χ1v) is 7.45. The van der Waals surface area contributed by atoms with Crippen LogP contribution in [0.15, 0.2) is 18.2 Å². The van der Waals surface area contributed by atoms with Crippen LogP contribution in [0.25, 0.3) is 0 Å². The van der Waals surface area contributed by atoms with Crippen LogP contribution in [0.2, 0.25) is 0 Å². The molecule has 0 amide bonds. The molecule has 24 heavy (non-hydrogen) atoms. The largest absolute Gasteiger partial charge is 0.479 e. The maximum atomic E-state index is 11.1. The third-order valence-corrected chi connectivity index (χ3v) is 3.65. The molecule has 1 saturated heterocycles. The molecule has 9 nitrogen and oxygen atoms in total. The first kappa shape index (κ1) is 18.4. The number of aliphatic hydroxyl groups is 4. The van der Waals surface area contributed by atoms with E-state index in [1.165, 1.54) is 6.07 Å². The lowest BCUT2D eigenvalue weighted by Gasteiger charge is -2.38. The highest BCUT2D eigenvalue weighted by atomic mass is 16.7. The average molecular weight is 343 g/mol. The maximum absolute atomic E-state index is 11.1. The third-order valence-electron chi connectivity index (χ3n) is 3.65. The van der Waals surface area contributed by atoms with Crippen LogP contribution in [0.4, 0.5) is 5.69 Å². The summed E-state index contributed by atoms with van der Waals surface area (Å²) in [7, 11) is 0. The Morgan fingerprint density at radius 2 is 1.96 bits per heavy atom. The van der Waals surface area contributed by atoms with Gasteiger partial charge in [0, 0.05) is 6.54 Å². The topological polar surface area (TPSA) is 149 Å². The van der Waals surface area contributed by atoms with Crippen LogP contribution in [0.5, 0.6) is 5.75 Å². The normalized spacial score (nSPS) is 30.0. The number of carboxylic acids is 1. The number of nitrogens with one attached hydrogen (secondary N) is 1. The molecule has 1 heterocycles. The molecule has 1 aliphatic rings. The van der Waals surface area contributed by atoms with E-state index >= 15 is 0 Å². The van der Waals surface area contributed by atoms with E-state index in [1.54, 1.807) is 12.1 Å². The van der Waals surface area contributed by atoms with Crippen molar-refractivity contribution in [3.63, 3.8) is 0 Å². The molecule has 134 valence electrons. The molecule has 9 heteroatoms. The Hall–Kier alpha value is -1.91. The Balaban J connectivity index is 2.24. The van der Waals surface area contributed by atoms with Gasteiger partial charge in [-0.05, 0) is 24.6 Å². The molecule has 6 N–H and O–H groups in total. The number of hydrogen-bond donors (Lipinski definition) is 6. The lowest BCUT2D eigenvalue weighted by Crippen LogP contribution is -2.61. The second kappa shape index (κ2) is 7.77. The highest BCUT2D eigenvalue weighted by Gasteiger charge is 2.48. The van der Waals surface area contributed by atoms with E-state index in [-0.39, 0.29) is 12.4 Å². The molecule has 0 saturated carbocycles. The van der Waals surface area contributed by atoms with E-state index in [2.05, 4.69) is 5.32 Å². The first-order valence-electron chi connectivity index (χ1n) is 7.45. The van der Waals surface area contributed by atoms with Gasteiger partial charge in [-0.1, -0.05) is 6.07 Å². The molecule has 5 unspecified atom stereocenters. The van der Waals surface area contributed by atoms with Crippen LogP contribution in [0.3, 0.4) is 0 Å². The minimum atomic E-state index is -1.78. The van der Waals surface area contributed by atoms with Gasteiger partial charge in [0.1, 0.15) is 24.1 Å². The van der Waals surface area contributed by atoms with Gasteiger partial charge in [0.05, 0.1) is 12.3 Å². The van der Waals surface area contributed by atoms with Crippen LogP contribution < -0.4 is 10.1 Å². The van der Waals surface area contributed by atoms with Gasteiger partial charge < -0.3 is 40.3 Å². The summed E-state index contributed by atoms with van der Waals surface area (Å²) in [6.07, 6.45) is -8.36. The predicted octanol–water partition coefficient (Wildman–Crippen LogP) is -1.12. The lowest BCUT2D eigenvalue weighted by molar-refractivity contribution is -0.271. The van der Waals surface area contributed by atoms with Crippen molar-refractivity contribution in [2.75, 3.05) is 11.9 Å². The molecular weight excluding hydrogens is 322 g/mol. The Labute approximate surface area is 138 Å². The zero-order chi connectivity index (χ0) is 17.9. The first-order chi connectivity index (χ1) is 11.4. The minimum absolute atomic E-state index is 0.173. The number of rotatable bonds is 6. The minimum Gasteiger partial charge on any atom is -0.479 e. The van der Waals surface area contributed by atoms with E-state index in [9.17, 15) is 25.2 Å². The molecule has 0 spiro atoms. The summed E-state index contributed by atoms with van der Waals surface area (Å²) in [6, 6.07) is 4.74. The molecule has 2 rings (SSSR count). The molecule has 0 bridgehead atoms. The molecule has 1 aliphatic heterocycles. The van der Waals surface area contributed by atoms with Crippen molar-refractivity contribution >= 4 is 11.7 Å². The standard InChI is InChI=1S/C15H21NO8/c1-2-16-8-5-7(6-17)3-4-9(8)23-15-12(20)10(18)11(19)13(24-15)14(21)22/h3-5,10-13,15-20H,2,6H2,1H3,(H,21,22). The summed E-state index contributed by atoms with van der Waals surface area (Å²) in [4.78, 5) is 11.1. The fourth-order valence-corrected chi connectivity index (χ4v) is 2.38. The number of benzene rings is 1. The number of anilines is 1. The highest BCUT2D eigenvalue weighted by molar-refractivity contribution is 5.73. The van der Waals surface area contributed by atoms with Crippen LogP contribution in [0.1, 0.15) is 12.5 Å². The van der Waals surface area contributed by atoms with E-state index in [0.717, 1.165) is 0 Å². The molecule has 1 aromatic carbocycles.